The molecule has 10 heteroatoms. The summed E-state index contributed by atoms with van der Waals surface area (Å²) < 4.78 is 5.21. The van der Waals surface area contributed by atoms with E-state index in [1.807, 2.05) is 32.0 Å². The largest absolute Gasteiger partial charge is 0.445 e. The highest BCUT2D eigenvalue weighted by Crippen LogP contribution is 2.16. The fraction of sp³-hybridized carbons (Fsp3) is 0.500. The van der Waals surface area contributed by atoms with Crippen molar-refractivity contribution in [2.75, 3.05) is 6.54 Å². The predicted octanol–water partition coefficient (Wildman–Crippen LogP) is 1.54. The van der Waals surface area contributed by atoms with Crippen LogP contribution < -0.4 is 11.1 Å². The molecule has 1 aromatic carbocycles. The molecule has 0 radical (unpaired) electrons. The van der Waals surface area contributed by atoms with Gasteiger partial charge in [-0.15, -0.1) is 0 Å². The van der Waals surface area contributed by atoms with Crippen molar-refractivity contribution < 1.29 is 28.7 Å². The minimum Gasteiger partial charge on any atom is -0.445 e. The van der Waals surface area contributed by atoms with Crippen LogP contribution in [-0.4, -0.2) is 58.2 Å². The van der Waals surface area contributed by atoms with Crippen molar-refractivity contribution >= 4 is 29.9 Å². The van der Waals surface area contributed by atoms with E-state index in [-0.39, 0.29) is 18.9 Å². The Hall–Kier alpha value is -3.52. The maximum Gasteiger partial charge on any atom is 0.408 e. The third kappa shape index (κ3) is 8.69. The number of primary amides is 1. The van der Waals surface area contributed by atoms with E-state index in [2.05, 4.69) is 10.1 Å². The number of ketones is 1. The molecule has 0 saturated heterocycles. The quantitative estimate of drug-likeness (QED) is 0.283. The molecule has 3 amide bonds. The Labute approximate surface area is 187 Å². The summed E-state index contributed by atoms with van der Waals surface area (Å²) in [5.74, 6) is -2.56. The first-order chi connectivity index (χ1) is 15.1. The van der Waals surface area contributed by atoms with Crippen molar-refractivity contribution in [3.8, 4) is 0 Å². The zero-order valence-electron chi connectivity index (χ0n) is 18.9. The summed E-state index contributed by atoms with van der Waals surface area (Å²) in [6.07, 6.45) is 0.0652. The van der Waals surface area contributed by atoms with Gasteiger partial charge in [0.05, 0.1) is 6.54 Å². The third-order valence-corrected chi connectivity index (χ3v) is 4.58. The van der Waals surface area contributed by atoms with Crippen LogP contribution in [0.25, 0.3) is 5.53 Å². The van der Waals surface area contributed by atoms with Crippen LogP contribution in [0.2, 0.25) is 0 Å². The van der Waals surface area contributed by atoms with Gasteiger partial charge >= 0.3 is 12.3 Å². The first kappa shape index (κ1) is 26.5. The molecular formula is C22H31N5O5. The summed E-state index contributed by atoms with van der Waals surface area (Å²) in [5.41, 5.74) is 14.9. The fourth-order valence-electron chi connectivity index (χ4n) is 3.23. The lowest BCUT2D eigenvalue weighted by molar-refractivity contribution is -0.144. The van der Waals surface area contributed by atoms with Crippen LogP contribution in [0.3, 0.4) is 0 Å². The molecule has 174 valence electrons. The molecule has 1 aromatic rings. The monoisotopic (exact) mass is 445 g/mol. The minimum atomic E-state index is -1.10. The summed E-state index contributed by atoms with van der Waals surface area (Å²) in [4.78, 5) is 53.6. The molecule has 0 fully saturated rings. The van der Waals surface area contributed by atoms with Gasteiger partial charge in [0.25, 0.3) is 5.78 Å². The number of ether oxygens (including phenoxy) is 1. The SMILES string of the molecule is CC(C)C[C@H](NC(=O)OCc1ccccc1)C(=O)N(CC(=O)C=[N+]=[N-])[C@H](C(N)=O)C(C)C. The molecule has 0 heterocycles. The van der Waals surface area contributed by atoms with Crippen molar-refractivity contribution in [1.29, 1.82) is 0 Å². The van der Waals surface area contributed by atoms with Crippen LogP contribution in [0.15, 0.2) is 30.3 Å². The molecule has 0 spiro atoms. The van der Waals surface area contributed by atoms with E-state index in [0.717, 1.165) is 10.5 Å². The Balaban J connectivity index is 3.10. The first-order valence-corrected chi connectivity index (χ1v) is 10.3. The number of amides is 3. The standard InChI is InChI=1S/C22H31N5O5/c1-14(2)10-18(26-22(31)32-13-16-8-6-5-7-9-16)21(30)27(12-17(28)11-25-24)19(15(3)4)20(23)29/h5-9,11,14-15,18-19H,10,12-13H2,1-4H3,(H2,23,29)(H,26,31)/t18-,19-/m0/s1. The molecule has 2 atom stereocenters. The third-order valence-electron chi connectivity index (χ3n) is 4.58. The zero-order valence-corrected chi connectivity index (χ0v) is 18.9. The normalized spacial score (nSPS) is 12.4. The maximum absolute atomic E-state index is 13.4. The number of nitrogens with zero attached hydrogens (tertiary/aromatic N) is 3. The average Bonchev–Trinajstić information content (AvgIpc) is 2.71. The van der Waals surface area contributed by atoms with Crippen molar-refractivity contribution in [2.24, 2.45) is 17.6 Å². The van der Waals surface area contributed by atoms with Gasteiger partial charge in [-0.1, -0.05) is 58.0 Å². The highest BCUT2D eigenvalue weighted by atomic mass is 16.5. The number of carbonyl (C=O) groups excluding carboxylic acids is 4. The number of nitrogens with two attached hydrogens (primary N) is 1. The molecule has 3 N–H and O–H groups in total. The molecule has 32 heavy (non-hydrogen) atoms. The number of rotatable bonds is 12. The second kappa shape index (κ2) is 13.0. The summed E-state index contributed by atoms with van der Waals surface area (Å²) in [5, 5.41) is 2.54. The maximum atomic E-state index is 13.4. The lowest BCUT2D eigenvalue weighted by atomic mass is 9.97. The topological polar surface area (TPSA) is 155 Å². The predicted molar refractivity (Wildman–Crippen MR) is 117 cm³/mol. The van der Waals surface area contributed by atoms with E-state index >= 15 is 0 Å². The Morgan fingerprint density at radius 2 is 1.78 bits per heavy atom. The van der Waals surface area contributed by atoms with E-state index in [4.69, 9.17) is 16.0 Å². The second-order valence-electron chi connectivity index (χ2n) is 8.16. The number of hydrogen-bond donors (Lipinski definition) is 2. The van der Waals surface area contributed by atoms with Gasteiger partial charge in [0.2, 0.25) is 11.8 Å². The van der Waals surface area contributed by atoms with Crippen molar-refractivity contribution in [2.45, 2.75) is 52.8 Å². The Morgan fingerprint density at radius 1 is 1.16 bits per heavy atom. The number of benzene rings is 1. The van der Waals surface area contributed by atoms with E-state index < -0.39 is 48.2 Å². The molecule has 0 bridgehead atoms. The smallest absolute Gasteiger partial charge is 0.408 e. The van der Waals surface area contributed by atoms with Crippen LogP contribution in [0.1, 0.15) is 39.7 Å². The summed E-state index contributed by atoms with van der Waals surface area (Å²) in [6, 6.07) is 6.88. The minimum absolute atomic E-state index is 0.000933. The Bertz CT molecular complexity index is 850. The van der Waals surface area contributed by atoms with Crippen molar-refractivity contribution in [3.05, 3.63) is 41.4 Å². The summed E-state index contributed by atoms with van der Waals surface area (Å²) in [6.45, 7) is 6.56. The molecule has 0 aliphatic rings. The second-order valence-corrected chi connectivity index (χ2v) is 8.16. The molecule has 0 aliphatic heterocycles. The molecule has 0 aliphatic carbocycles. The number of Topliss-reactive ketones (excluding diaryl/α,β-unsaturated/α-hetero) is 1. The van der Waals surface area contributed by atoms with Gasteiger partial charge in [0.1, 0.15) is 18.7 Å². The molecular weight excluding hydrogens is 414 g/mol. The molecule has 0 unspecified atom stereocenters. The van der Waals surface area contributed by atoms with Gasteiger partial charge in [0.15, 0.2) is 0 Å². The number of nitrogens with one attached hydrogen (secondary N) is 1. The van der Waals surface area contributed by atoms with Crippen LogP contribution in [-0.2, 0) is 25.7 Å². The molecule has 0 saturated carbocycles. The average molecular weight is 446 g/mol. The number of alkyl carbamates (subject to hydrolysis) is 1. The lowest BCUT2D eigenvalue weighted by Crippen LogP contribution is -2.58. The van der Waals surface area contributed by atoms with Crippen LogP contribution >= 0.6 is 0 Å². The van der Waals surface area contributed by atoms with Crippen molar-refractivity contribution in [1.82, 2.24) is 10.2 Å². The van der Waals surface area contributed by atoms with E-state index in [1.54, 1.807) is 26.0 Å². The van der Waals surface area contributed by atoms with Crippen LogP contribution in [0.5, 0.6) is 0 Å². The van der Waals surface area contributed by atoms with Gasteiger partial charge < -0.3 is 26.2 Å². The fourth-order valence-corrected chi connectivity index (χ4v) is 3.23. The summed E-state index contributed by atoms with van der Waals surface area (Å²) in [7, 11) is 0. The van der Waals surface area contributed by atoms with Gasteiger partial charge in [0, 0.05) is 0 Å². The number of carbonyl (C=O) groups is 4. The van der Waals surface area contributed by atoms with Crippen LogP contribution in [0.4, 0.5) is 4.79 Å². The highest BCUT2D eigenvalue weighted by Gasteiger charge is 2.37. The lowest BCUT2D eigenvalue weighted by Gasteiger charge is -2.34. The molecule has 10 nitrogen and oxygen atoms in total. The highest BCUT2D eigenvalue weighted by molar-refractivity contribution is 6.26. The van der Waals surface area contributed by atoms with E-state index in [1.165, 1.54) is 0 Å². The van der Waals surface area contributed by atoms with Gasteiger partial charge in [-0.2, -0.15) is 4.79 Å². The van der Waals surface area contributed by atoms with Gasteiger partial charge in [-0.25, -0.2) is 4.79 Å². The summed E-state index contributed by atoms with van der Waals surface area (Å²) >= 11 is 0. The van der Waals surface area contributed by atoms with Gasteiger partial charge in [-0.05, 0) is 23.8 Å². The van der Waals surface area contributed by atoms with Gasteiger partial charge in [-0.3, -0.25) is 14.4 Å². The van der Waals surface area contributed by atoms with Crippen LogP contribution in [0, 0.1) is 11.8 Å². The Kier molecular flexibility index (Phi) is 10.8. The number of hydrogen-bond acceptors (Lipinski definition) is 5. The zero-order chi connectivity index (χ0) is 24.3. The van der Waals surface area contributed by atoms with Crippen molar-refractivity contribution in [3.63, 3.8) is 0 Å². The Morgan fingerprint density at radius 3 is 2.28 bits per heavy atom. The van der Waals surface area contributed by atoms with E-state index in [0.29, 0.717) is 6.21 Å². The molecule has 0 aromatic heterocycles. The first-order valence-electron chi connectivity index (χ1n) is 10.3. The van der Waals surface area contributed by atoms with E-state index in [9.17, 15) is 19.2 Å². The molecule has 1 rings (SSSR count).